The quantitative estimate of drug-likeness (QED) is 0.604. The van der Waals surface area contributed by atoms with Crippen LogP contribution in [0.2, 0.25) is 0 Å². The number of rotatable bonds is 6. The van der Waals surface area contributed by atoms with Crippen LogP contribution in [0.25, 0.3) is 10.9 Å². The first-order valence-electron chi connectivity index (χ1n) is 8.82. The number of nitrogens with one attached hydrogen (secondary N) is 1. The number of nitrogens with two attached hydrogens (primary N) is 1. The maximum Gasteiger partial charge on any atom is 0.258 e. The van der Waals surface area contributed by atoms with Crippen molar-refractivity contribution in [3.05, 3.63) is 52.2 Å². The van der Waals surface area contributed by atoms with E-state index in [9.17, 15) is 4.79 Å². The Hall–Kier alpha value is -1.90. The Morgan fingerprint density at radius 2 is 2.00 bits per heavy atom. The van der Waals surface area contributed by atoms with Crippen LogP contribution in [0.3, 0.4) is 0 Å². The summed E-state index contributed by atoms with van der Waals surface area (Å²) in [5, 5.41) is 4.69. The molecule has 3 aromatic rings. The Labute approximate surface area is 166 Å². The molecule has 0 unspecified atom stereocenters. The Bertz CT molecular complexity index is 968. The van der Waals surface area contributed by atoms with Crippen LogP contribution in [-0.4, -0.2) is 25.9 Å². The van der Waals surface area contributed by atoms with Crippen LogP contribution >= 0.6 is 24.2 Å². The minimum absolute atomic E-state index is 0. The molecule has 9 heteroatoms. The van der Waals surface area contributed by atoms with Gasteiger partial charge in [0.1, 0.15) is 5.82 Å². The van der Waals surface area contributed by atoms with Crippen LogP contribution in [0, 0.1) is 0 Å². The van der Waals surface area contributed by atoms with Gasteiger partial charge < -0.3 is 15.2 Å². The number of halogens is 1. The summed E-state index contributed by atoms with van der Waals surface area (Å²) in [5.41, 5.74) is 6.56. The SMILES string of the molecule is Cl.NC1(c2noc(CCSCc3nc4ccccc4c(=O)[nH]3)n2)CCCC1. The van der Waals surface area contributed by atoms with E-state index in [4.69, 9.17) is 10.3 Å². The van der Waals surface area contributed by atoms with Gasteiger partial charge in [-0.05, 0) is 25.0 Å². The highest BCUT2D eigenvalue weighted by molar-refractivity contribution is 7.98. The molecule has 0 radical (unpaired) electrons. The van der Waals surface area contributed by atoms with Crippen molar-refractivity contribution >= 4 is 35.1 Å². The fourth-order valence-corrected chi connectivity index (χ4v) is 4.11. The van der Waals surface area contributed by atoms with Crippen LogP contribution in [0.15, 0.2) is 33.6 Å². The molecule has 1 aromatic carbocycles. The van der Waals surface area contributed by atoms with Crippen molar-refractivity contribution in [3.8, 4) is 0 Å². The summed E-state index contributed by atoms with van der Waals surface area (Å²) in [6.07, 6.45) is 4.75. The van der Waals surface area contributed by atoms with E-state index in [1.807, 2.05) is 18.2 Å². The number of aromatic nitrogens is 4. The number of aryl methyl sites for hydroxylation is 1. The number of H-pyrrole nitrogens is 1. The van der Waals surface area contributed by atoms with Gasteiger partial charge in [-0.15, -0.1) is 12.4 Å². The first-order valence-corrected chi connectivity index (χ1v) is 9.97. The van der Waals surface area contributed by atoms with Gasteiger partial charge in [0.15, 0.2) is 5.82 Å². The Morgan fingerprint density at radius 1 is 1.22 bits per heavy atom. The number of benzene rings is 1. The van der Waals surface area contributed by atoms with Crippen molar-refractivity contribution < 1.29 is 4.52 Å². The molecule has 27 heavy (non-hydrogen) atoms. The van der Waals surface area contributed by atoms with Crippen molar-refractivity contribution in [1.82, 2.24) is 20.1 Å². The fraction of sp³-hybridized carbons (Fsp3) is 0.444. The van der Waals surface area contributed by atoms with E-state index in [0.717, 1.165) is 37.0 Å². The summed E-state index contributed by atoms with van der Waals surface area (Å²) in [6.45, 7) is 0. The van der Waals surface area contributed by atoms with Crippen molar-refractivity contribution in [2.24, 2.45) is 5.73 Å². The monoisotopic (exact) mass is 407 g/mol. The van der Waals surface area contributed by atoms with Gasteiger partial charge in [-0.25, -0.2) is 4.98 Å². The van der Waals surface area contributed by atoms with Crippen LogP contribution in [0.5, 0.6) is 0 Å². The minimum atomic E-state index is -0.413. The molecule has 2 heterocycles. The Balaban J connectivity index is 0.00000210. The lowest BCUT2D eigenvalue weighted by atomic mass is 9.99. The zero-order valence-corrected chi connectivity index (χ0v) is 16.4. The molecule has 7 nitrogen and oxygen atoms in total. The second-order valence-corrected chi connectivity index (χ2v) is 7.81. The zero-order chi connectivity index (χ0) is 18.0. The topological polar surface area (TPSA) is 111 Å². The number of para-hydroxylation sites is 1. The summed E-state index contributed by atoms with van der Waals surface area (Å²) in [5.74, 6) is 3.36. The van der Waals surface area contributed by atoms with E-state index in [0.29, 0.717) is 35.1 Å². The van der Waals surface area contributed by atoms with Gasteiger partial charge in [0.05, 0.1) is 22.2 Å². The van der Waals surface area contributed by atoms with E-state index in [1.54, 1.807) is 17.8 Å². The molecule has 0 bridgehead atoms. The standard InChI is InChI=1S/C18H21N5O2S.ClH/c19-18(8-3-4-9-18)17-22-15(25-23-17)7-10-26-11-14-20-13-6-2-1-5-12(13)16(24)21-14;/h1-2,5-6H,3-4,7-11,19H2,(H,20,21,24);1H. The molecule has 2 aromatic heterocycles. The Kier molecular flexibility index (Phi) is 6.18. The predicted octanol–water partition coefficient (Wildman–Crippen LogP) is 2.93. The van der Waals surface area contributed by atoms with E-state index in [1.165, 1.54) is 0 Å². The van der Waals surface area contributed by atoms with Crippen LogP contribution < -0.4 is 11.3 Å². The lowest BCUT2D eigenvalue weighted by Crippen LogP contribution is -2.34. The van der Waals surface area contributed by atoms with Gasteiger partial charge in [-0.2, -0.15) is 16.7 Å². The predicted molar refractivity (Wildman–Crippen MR) is 108 cm³/mol. The van der Waals surface area contributed by atoms with Gasteiger partial charge >= 0.3 is 0 Å². The lowest BCUT2D eigenvalue weighted by molar-refractivity contribution is 0.351. The third-order valence-electron chi connectivity index (χ3n) is 4.77. The molecular weight excluding hydrogens is 386 g/mol. The maximum absolute atomic E-state index is 12.1. The third-order valence-corrected chi connectivity index (χ3v) is 5.74. The molecule has 1 saturated carbocycles. The molecule has 4 rings (SSSR count). The molecule has 1 aliphatic carbocycles. The minimum Gasteiger partial charge on any atom is -0.339 e. The smallest absolute Gasteiger partial charge is 0.258 e. The van der Waals surface area contributed by atoms with E-state index < -0.39 is 5.54 Å². The summed E-state index contributed by atoms with van der Waals surface area (Å²) >= 11 is 1.67. The number of thioether (sulfide) groups is 1. The fourth-order valence-electron chi connectivity index (χ4n) is 3.32. The highest BCUT2D eigenvalue weighted by Gasteiger charge is 2.35. The molecule has 1 fully saturated rings. The molecule has 0 saturated heterocycles. The molecule has 0 atom stereocenters. The maximum atomic E-state index is 12.1. The van der Waals surface area contributed by atoms with E-state index in [-0.39, 0.29) is 18.0 Å². The van der Waals surface area contributed by atoms with Crippen molar-refractivity contribution in [1.29, 1.82) is 0 Å². The van der Waals surface area contributed by atoms with Crippen molar-refractivity contribution in [2.45, 2.75) is 43.4 Å². The zero-order valence-electron chi connectivity index (χ0n) is 14.8. The molecule has 3 N–H and O–H groups in total. The number of nitrogens with zero attached hydrogens (tertiary/aromatic N) is 3. The normalized spacial score (nSPS) is 15.7. The summed E-state index contributed by atoms with van der Waals surface area (Å²) in [4.78, 5) is 23.9. The molecule has 0 aliphatic heterocycles. The number of hydrogen-bond donors (Lipinski definition) is 2. The molecule has 1 aliphatic rings. The highest BCUT2D eigenvalue weighted by atomic mass is 35.5. The summed E-state index contributed by atoms with van der Waals surface area (Å²) in [7, 11) is 0. The molecule has 0 spiro atoms. The lowest BCUT2D eigenvalue weighted by Gasteiger charge is -2.17. The van der Waals surface area contributed by atoms with Crippen LogP contribution in [-0.2, 0) is 17.7 Å². The first-order chi connectivity index (χ1) is 12.6. The molecular formula is C18H22ClN5O2S. The number of aromatic amines is 1. The highest BCUT2D eigenvalue weighted by Crippen LogP contribution is 2.34. The van der Waals surface area contributed by atoms with Crippen LogP contribution in [0.1, 0.15) is 43.2 Å². The van der Waals surface area contributed by atoms with Gasteiger partial charge in [0.2, 0.25) is 5.89 Å². The molecule has 144 valence electrons. The van der Waals surface area contributed by atoms with Gasteiger partial charge in [-0.1, -0.05) is 30.1 Å². The van der Waals surface area contributed by atoms with Crippen LogP contribution in [0.4, 0.5) is 0 Å². The van der Waals surface area contributed by atoms with Gasteiger partial charge in [0, 0.05) is 12.2 Å². The van der Waals surface area contributed by atoms with Crippen molar-refractivity contribution in [3.63, 3.8) is 0 Å². The summed E-state index contributed by atoms with van der Waals surface area (Å²) in [6, 6.07) is 7.35. The molecule has 0 amide bonds. The van der Waals surface area contributed by atoms with Gasteiger partial charge in [0.25, 0.3) is 5.56 Å². The van der Waals surface area contributed by atoms with Crippen molar-refractivity contribution in [2.75, 3.05) is 5.75 Å². The average Bonchev–Trinajstić information content (AvgIpc) is 3.29. The van der Waals surface area contributed by atoms with Gasteiger partial charge in [-0.3, -0.25) is 4.79 Å². The first kappa shape index (κ1) is 19.9. The third kappa shape index (κ3) is 4.34. The number of fused-ring (bicyclic) bond motifs is 1. The van der Waals surface area contributed by atoms with E-state index >= 15 is 0 Å². The second-order valence-electron chi connectivity index (χ2n) is 6.71. The Morgan fingerprint density at radius 3 is 2.81 bits per heavy atom. The number of hydrogen-bond acceptors (Lipinski definition) is 7. The largest absolute Gasteiger partial charge is 0.339 e. The second kappa shape index (κ2) is 8.41. The van der Waals surface area contributed by atoms with E-state index in [2.05, 4.69) is 20.1 Å². The average molecular weight is 408 g/mol. The summed E-state index contributed by atoms with van der Waals surface area (Å²) < 4.78 is 5.34.